The van der Waals surface area contributed by atoms with Crippen LogP contribution in [-0.4, -0.2) is 29.0 Å². The molecule has 0 bridgehead atoms. The van der Waals surface area contributed by atoms with E-state index in [1.54, 1.807) is 11.8 Å². The third-order valence-corrected chi connectivity index (χ3v) is 6.48. The van der Waals surface area contributed by atoms with E-state index in [1.807, 2.05) is 78.6 Å². The molecule has 0 spiro atoms. The molecule has 4 rings (SSSR count). The molecule has 0 aromatic heterocycles. The van der Waals surface area contributed by atoms with Gasteiger partial charge in [-0.25, -0.2) is 0 Å². The lowest BCUT2D eigenvalue weighted by Crippen LogP contribution is -2.30. The van der Waals surface area contributed by atoms with Gasteiger partial charge >= 0.3 is 0 Å². The number of carbonyl (C=O) groups excluding carboxylic acids is 2. The van der Waals surface area contributed by atoms with Gasteiger partial charge in [0.2, 0.25) is 5.91 Å². The summed E-state index contributed by atoms with van der Waals surface area (Å²) in [5.74, 6) is 0.526. The van der Waals surface area contributed by atoms with Gasteiger partial charge in [-0.15, -0.1) is 11.8 Å². The number of aryl methyl sites for hydroxylation is 1. The summed E-state index contributed by atoms with van der Waals surface area (Å²) in [5, 5.41) is 2.92. The Labute approximate surface area is 181 Å². The molecule has 1 heterocycles. The molecule has 1 aliphatic heterocycles. The summed E-state index contributed by atoms with van der Waals surface area (Å²) >= 11 is 1.64. The highest BCUT2D eigenvalue weighted by Gasteiger charge is 2.32. The fraction of sp³-hybridized carbons (Fsp3) is 0.200. The molecule has 1 atom stereocenters. The molecule has 152 valence electrons. The zero-order valence-corrected chi connectivity index (χ0v) is 17.7. The van der Waals surface area contributed by atoms with Gasteiger partial charge in [-0.2, -0.15) is 0 Å². The molecule has 0 radical (unpaired) electrons. The molecule has 1 aliphatic rings. The van der Waals surface area contributed by atoms with E-state index in [9.17, 15) is 9.59 Å². The van der Waals surface area contributed by atoms with E-state index in [0.717, 1.165) is 23.2 Å². The second-order valence-corrected chi connectivity index (χ2v) is 8.50. The molecule has 1 N–H and O–H groups in total. The van der Waals surface area contributed by atoms with Crippen molar-refractivity contribution in [2.45, 2.75) is 18.7 Å². The second kappa shape index (κ2) is 9.18. The first kappa shape index (κ1) is 20.2. The van der Waals surface area contributed by atoms with Gasteiger partial charge in [0.05, 0.1) is 5.75 Å². The maximum absolute atomic E-state index is 12.5. The van der Waals surface area contributed by atoms with Gasteiger partial charge in [-0.1, -0.05) is 60.2 Å². The number of anilines is 1. The lowest BCUT2D eigenvalue weighted by atomic mass is 10.1. The summed E-state index contributed by atoms with van der Waals surface area (Å²) < 4.78 is 0. The van der Waals surface area contributed by atoms with Gasteiger partial charge < -0.3 is 10.2 Å². The van der Waals surface area contributed by atoms with Crippen molar-refractivity contribution >= 4 is 29.3 Å². The smallest absolute Gasteiger partial charge is 0.255 e. The second-order valence-electron chi connectivity index (χ2n) is 7.43. The topological polar surface area (TPSA) is 49.4 Å². The highest BCUT2D eigenvalue weighted by Crippen LogP contribution is 2.38. The highest BCUT2D eigenvalue weighted by atomic mass is 32.2. The van der Waals surface area contributed by atoms with Crippen LogP contribution in [0.15, 0.2) is 78.9 Å². The third kappa shape index (κ3) is 4.74. The van der Waals surface area contributed by atoms with Crippen LogP contribution in [0.5, 0.6) is 0 Å². The summed E-state index contributed by atoms with van der Waals surface area (Å²) in [4.78, 5) is 26.9. The Kier molecular flexibility index (Phi) is 6.19. The Bertz CT molecular complexity index is 1020. The van der Waals surface area contributed by atoms with Crippen LogP contribution in [0.3, 0.4) is 0 Å². The first-order valence-electron chi connectivity index (χ1n) is 10.0. The molecular formula is C25H24N2O2S. The van der Waals surface area contributed by atoms with Crippen molar-refractivity contribution in [2.75, 3.05) is 17.6 Å². The van der Waals surface area contributed by atoms with E-state index >= 15 is 0 Å². The number of nitrogens with zero attached hydrogens (tertiary/aromatic N) is 1. The maximum atomic E-state index is 12.5. The van der Waals surface area contributed by atoms with Crippen LogP contribution in [0.2, 0.25) is 0 Å². The molecule has 2 amide bonds. The Morgan fingerprint density at radius 2 is 1.70 bits per heavy atom. The molecule has 30 heavy (non-hydrogen) atoms. The van der Waals surface area contributed by atoms with E-state index in [1.165, 1.54) is 5.56 Å². The Balaban J connectivity index is 1.42. The zero-order valence-electron chi connectivity index (χ0n) is 16.9. The monoisotopic (exact) mass is 416 g/mol. The molecule has 1 fully saturated rings. The number of carbonyl (C=O) groups is 2. The molecule has 0 aliphatic carbocycles. The molecule has 3 aromatic rings. The van der Waals surface area contributed by atoms with Crippen LogP contribution >= 0.6 is 11.8 Å². The first-order valence-corrected chi connectivity index (χ1v) is 11.1. The zero-order chi connectivity index (χ0) is 20.9. The number of hydrogen-bond acceptors (Lipinski definition) is 3. The van der Waals surface area contributed by atoms with Crippen molar-refractivity contribution in [3.8, 4) is 0 Å². The Morgan fingerprint density at radius 1 is 1.00 bits per heavy atom. The average Bonchev–Trinajstić information content (AvgIpc) is 3.15. The minimum absolute atomic E-state index is 0.00424. The number of amides is 2. The molecule has 4 nitrogen and oxygen atoms in total. The van der Waals surface area contributed by atoms with Crippen LogP contribution in [0.1, 0.15) is 32.4 Å². The van der Waals surface area contributed by atoms with Gasteiger partial charge in [0.1, 0.15) is 5.37 Å². The van der Waals surface area contributed by atoms with Gasteiger partial charge in [0.25, 0.3) is 5.91 Å². The van der Waals surface area contributed by atoms with E-state index in [-0.39, 0.29) is 17.2 Å². The molecule has 0 saturated carbocycles. The third-order valence-electron chi connectivity index (χ3n) is 5.22. The van der Waals surface area contributed by atoms with Crippen molar-refractivity contribution in [2.24, 2.45) is 0 Å². The standard InChI is InChI=1S/C25H24N2O2S/c1-18-7-13-22(14-8-18)26-24(29)20-9-11-21(12-10-20)25-27(23(28)17-30-25)16-15-19-5-3-2-4-6-19/h2-14,25H,15-17H2,1H3,(H,26,29)/t25-/m1/s1. The van der Waals surface area contributed by atoms with Crippen LogP contribution in [-0.2, 0) is 11.2 Å². The van der Waals surface area contributed by atoms with Crippen LogP contribution in [0, 0.1) is 6.92 Å². The van der Waals surface area contributed by atoms with Crippen molar-refractivity contribution in [3.63, 3.8) is 0 Å². The summed E-state index contributed by atoms with van der Waals surface area (Å²) in [6.07, 6.45) is 0.834. The maximum Gasteiger partial charge on any atom is 0.255 e. The Morgan fingerprint density at radius 3 is 2.40 bits per heavy atom. The van der Waals surface area contributed by atoms with Crippen LogP contribution in [0.25, 0.3) is 0 Å². The number of thioether (sulfide) groups is 1. The minimum Gasteiger partial charge on any atom is -0.326 e. The summed E-state index contributed by atoms with van der Waals surface area (Å²) in [5.41, 5.74) is 4.80. The lowest BCUT2D eigenvalue weighted by molar-refractivity contribution is -0.128. The largest absolute Gasteiger partial charge is 0.326 e. The number of benzene rings is 3. The molecule has 0 unspecified atom stereocenters. The number of hydrogen-bond donors (Lipinski definition) is 1. The number of rotatable bonds is 6. The SMILES string of the molecule is Cc1ccc(NC(=O)c2ccc([C@H]3SCC(=O)N3CCc3ccccc3)cc2)cc1. The van der Waals surface area contributed by atoms with E-state index in [4.69, 9.17) is 0 Å². The first-order chi connectivity index (χ1) is 14.6. The fourth-order valence-corrected chi connectivity index (χ4v) is 4.72. The van der Waals surface area contributed by atoms with Crippen molar-refractivity contribution < 1.29 is 9.59 Å². The van der Waals surface area contributed by atoms with E-state index in [0.29, 0.717) is 17.9 Å². The van der Waals surface area contributed by atoms with Crippen LogP contribution in [0.4, 0.5) is 5.69 Å². The normalized spacial score (nSPS) is 16.0. The fourth-order valence-electron chi connectivity index (χ4n) is 3.51. The molecular weight excluding hydrogens is 392 g/mol. The van der Waals surface area contributed by atoms with Crippen molar-refractivity contribution in [3.05, 3.63) is 101 Å². The Hall–Kier alpha value is -3.05. The van der Waals surface area contributed by atoms with Gasteiger partial charge in [-0.3, -0.25) is 9.59 Å². The van der Waals surface area contributed by atoms with Crippen molar-refractivity contribution in [1.29, 1.82) is 0 Å². The highest BCUT2D eigenvalue weighted by molar-refractivity contribution is 8.00. The minimum atomic E-state index is -0.138. The number of nitrogens with one attached hydrogen (secondary N) is 1. The van der Waals surface area contributed by atoms with E-state index in [2.05, 4.69) is 17.4 Å². The van der Waals surface area contributed by atoms with Gasteiger partial charge in [0.15, 0.2) is 0 Å². The molecule has 3 aromatic carbocycles. The average molecular weight is 417 g/mol. The van der Waals surface area contributed by atoms with Crippen molar-refractivity contribution in [1.82, 2.24) is 4.90 Å². The summed E-state index contributed by atoms with van der Waals surface area (Å²) in [6, 6.07) is 25.5. The summed E-state index contributed by atoms with van der Waals surface area (Å²) in [7, 11) is 0. The van der Waals surface area contributed by atoms with Crippen LogP contribution < -0.4 is 5.32 Å². The predicted octanol–water partition coefficient (Wildman–Crippen LogP) is 5.06. The van der Waals surface area contributed by atoms with Gasteiger partial charge in [0, 0.05) is 17.8 Å². The predicted molar refractivity (Wildman–Crippen MR) is 123 cm³/mol. The summed E-state index contributed by atoms with van der Waals surface area (Å²) in [6.45, 7) is 2.70. The van der Waals surface area contributed by atoms with E-state index < -0.39 is 0 Å². The molecule has 5 heteroatoms. The van der Waals surface area contributed by atoms with Gasteiger partial charge in [-0.05, 0) is 48.7 Å². The quantitative estimate of drug-likeness (QED) is 0.611. The lowest BCUT2D eigenvalue weighted by Gasteiger charge is -2.24. The molecule has 1 saturated heterocycles.